The minimum atomic E-state index is 0.391. The van der Waals surface area contributed by atoms with Crippen molar-refractivity contribution in [1.29, 1.82) is 0 Å². The number of hydrogen-bond donors (Lipinski definition) is 0. The molecule has 4 heterocycles. The first kappa shape index (κ1) is 24.9. The Bertz CT molecular complexity index is 2800. The molecule has 7 nitrogen and oxygen atoms in total. The molecule has 46 heavy (non-hydrogen) atoms. The molecule has 0 atom stereocenters. The first-order valence-electron chi connectivity index (χ1n) is 15.2. The highest BCUT2D eigenvalue weighted by Crippen LogP contribution is 2.45. The van der Waals surface area contributed by atoms with Crippen molar-refractivity contribution in [2.45, 2.75) is 0 Å². The standard InChI is InChI=1S/C39H23N7/c1-3-14-25(15-4-1)45-30-21-11-8-18-27(30)32-34-35(43-44-39(42-34)38-40-23-24-13-7-10-20-29(24)41-38)33-28-19-9-12-22-31(28)46(37(33)36(32)45)26-16-5-2-6-17-26/h1-23H. The van der Waals surface area contributed by atoms with Crippen LogP contribution in [0.5, 0.6) is 0 Å². The zero-order chi connectivity index (χ0) is 30.2. The van der Waals surface area contributed by atoms with Crippen molar-refractivity contribution in [2.24, 2.45) is 0 Å². The smallest absolute Gasteiger partial charge is 0.220 e. The van der Waals surface area contributed by atoms with E-state index in [1.807, 2.05) is 30.5 Å². The molecule has 0 radical (unpaired) electrons. The predicted octanol–water partition coefficient (Wildman–Crippen LogP) is 8.83. The average Bonchev–Trinajstić information content (AvgIpc) is 3.66. The Morgan fingerprint density at radius 3 is 1.63 bits per heavy atom. The normalized spacial score (nSPS) is 11.9. The van der Waals surface area contributed by atoms with Crippen molar-refractivity contribution in [3.05, 3.63) is 140 Å². The van der Waals surface area contributed by atoms with Crippen LogP contribution in [0.4, 0.5) is 0 Å². The third kappa shape index (κ3) is 3.45. The van der Waals surface area contributed by atoms with E-state index in [0.717, 1.165) is 76.9 Å². The highest BCUT2D eigenvalue weighted by molar-refractivity contribution is 6.35. The largest absolute Gasteiger partial charge is 0.307 e. The fraction of sp³-hybridized carbons (Fsp3) is 0. The molecule has 7 heteroatoms. The zero-order valence-electron chi connectivity index (χ0n) is 24.4. The van der Waals surface area contributed by atoms with Gasteiger partial charge in [0.1, 0.15) is 11.0 Å². The van der Waals surface area contributed by atoms with E-state index in [1.54, 1.807) is 0 Å². The van der Waals surface area contributed by atoms with Crippen LogP contribution in [0.15, 0.2) is 140 Å². The Morgan fingerprint density at radius 2 is 0.978 bits per heavy atom. The van der Waals surface area contributed by atoms with E-state index in [2.05, 4.69) is 128 Å². The van der Waals surface area contributed by atoms with Gasteiger partial charge in [-0.2, -0.15) is 0 Å². The van der Waals surface area contributed by atoms with Gasteiger partial charge in [-0.05, 0) is 42.5 Å². The van der Waals surface area contributed by atoms with Crippen LogP contribution in [-0.4, -0.2) is 34.3 Å². The van der Waals surface area contributed by atoms with E-state index in [1.165, 1.54) is 0 Å². The summed E-state index contributed by atoms with van der Waals surface area (Å²) in [6.45, 7) is 0. The first-order chi connectivity index (χ1) is 22.8. The van der Waals surface area contributed by atoms with Crippen LogP contribution in [0, 0.1) is 0 Å². The lowest BCUT2D eigenvalue weighted by Crippen LogP contribution is -2.01. The van der Waals surface area contributed by atoms with E-state index in [4.69, 9.17) is 15.1 Å². The van der Waals surface area contributed by atoms with E-state index in [9.17, 15) is 0 Å². The van der Waals surface area contributed by atoms with Crippen molar-refractivity contribution >= 4 is 65.5 Å². The van der Waals surface area contributed by atoms with Gasteiger partial charge in [0.2, 0.25) is 5.82 Å². The number of rotatable bonds is 3. The molecule has 0 saturated carbocycles. The molecular formula is C39H23N7. The van der Waals surface area contributed by atoms with E-state index in [-0.39, 0.29) is 0 Å². The molecule has 214 valence electrons. The Kier molecular flexibility index (Phi) is 5.15. The third-order valence-electron chi connectivity index (χ3n) is 8.85. The van der Waals surface area contributed by atoms with Gasteiger partial charge in [-0.15, -0.1) is 10.2 Å². The number of aromatic nitrogens is 7. The lowest BCUT2D eigenvalue weighted by Gasteiger charge is -2.13. The molecular weight excluding hydrogens is 566 g/mol. The van der Waals surface area contributed by atoms with Gasteiger partial charge < -0.3 is 9.13 Å². The van der Waals surface area contributed by atoms with Crippen molar-refractivity contribution < 1.29 is 0 Å². The Hall–Kier alpha value is -6.47. The van der Waals surface area contributed by atoms with E-state index >= 15 is 0 Å². The summed E-state index contributed by atoms with van der Waals surface area (Å²) in [6, 6.07) is 46.0. The monoisotopic (exact) mass is 589 g/mol. The lowest BCUT2D eigenvalue weighted by molar-refractivity contribution is 1.01. The van der Waals surface area contributed by atoms with Crippen LogP contribution in [0.25, 0.3) is 88.6 Å². The van der Waals surface area contributed by atoms with Gasteiger partial charge in [-0.25, -0.2) is 15.0 Å². The second kappa shape index (κ2) is 9.51. The second-order valence-electron chi connectivity index (χ2n) is 11.4. The molecule has 10 aromatic rings. The highest BCUT2D eigenvalue weighted by atomic mass is 15.2. The Balaban J connectivity index is 1.46. The fourth-order valence-electron chi connectivity index (χ4n) is 6.94. The molecule has 0 spiro atoms. The van der Waals surface area contributed by atoms with Crippen molar-refractivity contribution in [3.63, 3.8) is 0 Å². The van der Waals surface area contributed by atoms with E-state index in [0.29, 0.717) is 11.6 Å². The maximum absolute atomic E-state index is 5.26. The van der Waals surface area contributed by atoms with Crippen LogP contribution < -0.4 is 0 Å². The van der Waals surface area contributed by atoms with Crippen molar-refractivity contribution in [2.75, 3.05) is 0 Å². The van der Waals surface area contributed by atoms with Crippen LogP contribution in [-0.2, 0) is 0 Å². The van der Waals surface area contributed by atoms with Gasteiger partial charge in [-0.1, -0.05) is 91.0 Å². The fourth-order valence-corrected chi connectivity index (χ4v) is 6.94. The summed E-state index contributed by atoms with van der Waals surface area (Å²) in [5.74, 6) is 0.835. The molecule has 0 N–H and O–H groups in total. The Morgan fingerprint density at radius 1 is 0.435 bits per heavy atom. The van der Waals surface area contributed by atoms with Gasteiger partial charge in [0, 0.05) is 44.5 Å². The molecule has 10 rings (SSSR count). The van der Waals surface area contributed by atoms with Gasteiger partial charge in [-0.3, -0.25) is 0 Å². The van der Waals surface area contributed by atoms with Gasteiger partial charge >= 0.3 is 0 Å². The predicted molar refractivity (Wildman–Crippen MR) is 185 cm³/mol. The van der Waals surface area contributed by atoms with Crippen LogP contribution in [0.2, 0.25) is 0 Å². The number of benzene rings is 6. The maximum atomic E-state index is 5.26. The minimum absolute atomic E-state index is 0.391. The summed E-state index contributed by atoms with van der Waals surface area (Å²) in [4.78, 5) is 14.7. The summed E-state index contributed by atoms with van der Waals surface area (Å²) in [5, 5.41) is 14.8. The van der Waals surface area contributed by atoms with Gasteiger partial charge in [0.05, 0.1) is 27.6 Å². The van der Waals surface area contributed by atoms with Crippen molar-refractivity contribution in [3.8, 4) is 23.0 Å². The van der Waals surface area contributed by atoms with Crippen LogP contribution >= 0.6 is 0 Å². The van der Waals surface area contributed by atoms with Gasteiger partial charge in [0.15, 0.2) is 5.82 Å². The SMILES string of the molecule is c1ccc(-n2c3ccccc3c3c4nnc(-c5ncc6ccccc6n5)nc4c4c5ccccc5n(-c5ccccc5)c4c32)cc1. The molecule has 0 amide bonds. The minimum Gasteiger partial charge on any atom is -0.307 e. The topological polar surface area (TPSA) is 74.3 Å². The highest BCUT2D eigenvalue weighted by Gasteiger charge is 2.26. The van der Waals surface area contributed by atoms with Crippen LogP contribution in [0.3, 0.4) is 0 Å². The number of fused-ring (bicyclic) bond motifs is 11. The second-order valence-corrected chi connectivity index (χ2v) is 11.4. The summed E-state index contributed by atoms with van der Waals surface area (Å²) in [5.41, 5.74) is 8.78. The quantitative estimate of drug-likeness (QED) is 0.206. The number of nitrogens with zero attached hydrogens (tertiary/aromatic N) is 7. The molecule has 0 aliphatic heterocycles. The average molecular weight is 590 g/mol. The zero-order valence-corrected chi connectivity index (χ0v) is 24.4. The molecule has 0 aliphatic rings. The molecule has 0 saturated heterocycles. The Labute approximate surface area is 262 Å². The maximum Gasteiger partial charge on any atom is 0.220 e. The number of para-hydroxylation sites is 5. The summed E-state index contributed by atoms with van der Waals surface area (Å²) < 4.78 is 4.71. The van der Waals surface area contributed by atoms with Crippen LogP contribution in [0.1, 0.15) is 0 Å². The molecule has 0 unspecified atom stereocenters. The summed E-state index contributed by atoms with van der Waals surface area (Å²) >= 11 is 0. The summed E-state index contributed by atoms with van der Waals surface area (Å²) in [7, 11) is 0. The molecule has 6 aromatic carbocycles. The third-order valence-corrected chi connectivity index (χ3v) is 8.85. The molecule has 0 fully saturated rings. The van der Waals surface area contributed by atoms with Gasteiger partial charge in [0.25, 0.3) is 0 Å². The molecule has 0 aliphatic carbocycles. The van der Waals surface area contributed by atoms with Crippen molar-refractivity contribution in [1.82, 2.24) is 34.3 Å². The number of hydrogen-bond acceptors (Lipinski definition) is 5. The van der Waals surface area contributed by atoms with E-state index < -0.39 is 0 Å². The lowest BCUT2D eigenvalue weighted by atomic mass is 10.1. The summed E-state index contributed by atoms with van der Waals surface area (Å²) in [6.07, 6.45) is 1.82. The molecule has 0 bridgehead atoms. The molecule has 4 aromatic heterocycles. The first-order valence-corrected chi connectivity index (χ1v) is 15.2.